The molecule has 15 heavy (non-hydrogen) atoms. The van der Waals surface area contributed by atoms with Crippen LogP contribution in [0.4, 0.5) is 0 Å². The molecule has 0 spiro atoms. The fourth-order valence-corrected chi connectivity index (χ4v) is 1.58. The molecule has 88 valence electrons. The monoisotopic (exact) mass is 220 g/mol. The number of carbonyl (C=O) groups excluding carboxylic acids is 1. The molecule has 0 bridgehead atoms. The lowest BCUT2D eigenvalue weighted by molar-refractivity contribution is -0.175. The fourth-order valence-electron chi connectivity index (χ4n) is 1.58. The van der Waals surface area contributed by atoms with E-state index in [9.17, 15) is 15.0 Å². The van der Waals surface area contributed by atoms with Gasteiger partial charge in [-0.2, -0.15) is 0 Å². The third-order valence-corrected chi connectivity index (χ3v) is 2.30. The van der Waals surface area contributed by atoms with E-state index >= 15 is 0 Å². The Kier molecular flexibility index (Phi) is 4.04. The van der Waals surface area contributed by atoms with Crippen LogP contribution in [0.15, 0.2) is 0 Å². The van der Waals surface area contributed by atoms with Crippen LogP contribution in [0.1, 0.15) is 13.8 Å². The van der Waals surface area contributed by atoms with Gasteiger partial charge >= 0.3 is 5.97 Å². The summed E-state index contributed by atoms with van der Waals surface area (Å²) in [7, 11) is 1.36. The van der Waals surface area contributed by atoms with Gasteiger partial charge in [-0.05, 0) is 6.92 Å². The summed E-state index contributed by atoms with van der Waals surface area (Å²) < 4.78 is 14.9. The summed E-state index contributed by atoms with van der Waals surface area (Å²) in [5.41, 5.74) is 0. The van der Waals surface area contributed by atoms with Gasteiger partial charge in [-0.15, -0.1) is 0 Å². The minimum absolute atomic E-state index is 0.464. The van der Waals surface area contributed by atoms with Crippen molar-refractivity contribution in [3.8, 4) is 0 Å². The average molecular weight is 220 g/mol. The number of esters is 1. The number of aliphatic hydroxyl groups is 2. The largest absolute Gasteiger partial charge is 0.460 e. The zero-order chi connectivity index (χ0) is 11.6. The Balaban J connectivity index is 2.60. The summed E-state index contributed by atoms with van der Waals surface area (Å²) in [5.74, 6) is -0.464. The first kappa shape index (κ1) is 12.4. The molecule has 5 unspecified atom stereocenters. The lowest BCUT2D eigenvalue weighted by atomic mass is 10.1. The molecule has 2 N–H and O–H groups in total. The van der Waals surface area contributed by atoms with E-state index in [2.05, 4.69) is 0 Å². The standard InChI is InChI=1S/C9H16O6/c1-4(14-5(2)10)8-6(11)7(12)9(13-3)15-8/h4,6-9,11-12H,1-3H3. The highest BCUT2D eigenvalue weighted by molar-refractivity contribution is 5.66. The second-order valence-electron chi connectivity index (χ2n) is 3.50. The highest BCUT2D eigenvalue weighted by atomic mass is 16.7. The first-order valence-corrected chi connectivity index (χ1v) is 4.69. The van der Waals surface area contributed by atoms with Gasteiger partial charge in [0.15, 0.2) is 6.29 Å². The number of hydrogen-bond donors (Lipinski definition) is 2. The molecule has 6 nitrogen and oxygen atoms in total. The van der Waals surface area contributed by atoms with Gasteiger partial charge in [0.1, 0.15) is 24.4 Å². The Labute approximate surface area is 87.7 Å². The Hall–Kier alpha value is -0.690. The molecule has 6 heteroatoms. The van der Waals surface area contributed by atoms with Crippen molar-refractivity contribution in [2.24, 2.45) is 0 Å². The summed E-state index contributed by atoms with van der Waals surface area (Å²) in [6, 6.07) is 0. The Morgan fingerprint density at radius 3 is 2.40 bits per heavy atom. The van der Waals surface area contributed by atoms with Crippen LogP contribution in [0.5, 0.6) is 0 Å². The van der Waals surface area contributed by atoms with E-state index in [-0.39, 0.29) is 0 Å². The van der Waals surface area contributed by atoms with Crippen molar-refractivity contribution in [1.29, 1.82) is 0 Å². The maximum absolute atomic E-state index is 10.7. The highest BCUT2D eigenvalue weighted by Gasteiger charge is 2.46. The SMILES string of the molecule is COC1OC(C(C)OC(C)=O)C(O)C1O. The second kappa shape index (κ2) is 4.89. The third-order valence-electron chi connectivity index (χ3n) is 2.30. The summed E-state index contributed by atoms with van der Waals surface area (Å²) in [6.07, 6.45) is -4.54. The minimum atomic E-state index is -1.13. The van der Waals surface area contributed by atoms with Crippen molar-refractivity contribution in [1.82, 2.24) is 0 Å². The lowest BCUT2D eigenvalue weighted by Gasteiger charge is -2.21. The molecule has 1 aliphatic rings. The van der Waals surface area contributed by atoms with Gasteiger partial charge in [-0.3, -0.25) is 4.79 Å². The van der Waals surface area contributed by atoms with Crippen LogP contribution in [0.3, 0.4) is 0 Å². The first-order chi connectivity index (χ1) is 6.97. The van der Waals surface area contributed by atoms with Gasteiger partial charge in [0, 0.05) is 14.0 Å². The second-order valence-corrected chi connectivity index (χ2v) is 3.50. The number of ether oxygens (including phenoxy) is 3. The maximum Gasteiger partial charge on any atom is 0.302 e. The van der Waals surface area contributed by atoms with Crippen LogP contribution in [-0.4, -0.2) is 54.0 Å². The van der Waals surface area contributed by atoms with E-state index in [1.54, 1.807) is 6.92 Å². The van der Waals surface area contributed by atoms with Crippen molar-refractivity contribution in [3.05, 3.63) is 0 Å². The minimum Gasteiger partial charge on any atom is -0.460 e. The summed E-state index contributed by atoms with van der Waals surface area (Å²) >= 11 is 0. The van der Waals surface area contributed by atoms with Gasteiger partial charge in [0.05, 0.1) is 0 Å². The van der Waals surface area contributed by atoms with Crippen LogP contribution in [-0.2, 0) is 19.0 Å². The molecule has 0 aromatic carbocycles. The number of aliphatic hydroxyl groups excluding tert-OH is 2. The van der Waals surface area contributed by atoms with Crippen molar-refractivity contribution in [3.63, 3.8) is 0 Å². The van der Waals surface area contributed by atoms with Gasteiger partial charge in [-0.1, -0.05) is 0 Å². The smallest absolute Gasteiger partial charge is 0.302 e. The van der Waals surface area contributed by atoms with Crippen LogP contribution < -0.4 is 0 Å². The molecule has 0 aromatic rings. The summed E-state index contributed by atoms with van der Waals surface area (Å²) in [6.45, 7) is 2.85. The molecular weight excluding hydrogens is 204 g/mol. The number of hydrogen-bond acceptors (Lipinski definition) is 6. The van der Waals surface area contributed by atoms with Crippen molar-refractivity contribution >= 4 is 5.97 Å². The highest BCUT2D eigenvalue weighted by Crippen LogP contribution is 2.25. The van der Waals surface area contributed by atoms with Crippen molar-refractivity contribution in [2.45, 2.75) is 44.6 Å². The molecule has 0 radical (unpaired) electrons. The van der Waals surface area contributed by atoms with E-state index in [1.165, 1.54) is 14.0 Å². The van der Waals surface area contributed by atoms with E-state index in [0.717, 1.165) is 0 Å². The quantitative estimate of drug-likeness (QED) is 0.595. The number of rotatable bonds is 3. The van der Waals surface area contributed by atoms with Crippen LogP contribution in [0.2, 0.25) is 0 Å². The number of carbonyl (C=O) groups is 1. The predicted octanol–water partition coefficient (Wildman–Crippen LogP) is -0.969. The van der Waals surface area contributed by atoms with Crippen molar-refractivity contribution in [2.75, 3.05) is 7.11 Å². The maximum atomic E-state index is 10.7. The van der Waals surface area contributed by atoms with E-state index in [1.807, 2.05) is 0 Å². The topological polar surface area (TPSA) is 85.2 Å². The van der Waals surface area contributed by atoms with Gasteiger partial charge < -0.3 is 24.4 Å². The molecule has 1 aliphatic heterocycles. The van der Waals surface area contributed by atoms with E-state index < -0.39 is 36.7 Å². The van der Waals surface area contributed by atoms with Gasteiger partial charge in [-0.25, -0.2) is 0 Å². The fraction of sp³-hybridized carbons (Fsp3) is 0.889. The molecule has 0 aromatic heterocycles. The molecule has 5 atom stereocenters. The Morgan fingerprint density at radius 2 is 2.00 bits per heavy atom. The Morgan fingerprint density at radius 1 is 1.40 bits per heavy atom. The molecule has 1 heterocycles. The normalized spacial score (nSPS) is 37.7. The molecule has 0 aliphatic carbocycles. The van der Waals surface area contributed by atoms with Crippen LogP contribution >= 0.6 is 0 Å². The first-order valence-electron chi connectivity index (χ1n) is 4.69. The molecule has 1 rings (SSSR count). The van der Waals surface area contributed by atoms with Crippen molar-refractivity contribution < 1.29 is 29.2 Å². The lowest BCUT2D eigenvalue weighted by Crippen LogP contribution is -2.39. The Bertz CT molecular complexity index is 231. The van der Waals surface area contributed by atoms with Crippen LogP contribution in [0.25, 0.3) is 0 Å². The summed E-state index contributed by atoms with van der Waals surface area (Å²) in [5, 5.41) is 19.1. The van der Waals surface area contributed by atoms with Crippen LogP contribution in [0, 0.1) is 0 Å². The zero-order valence-corrected chi connectivity index (χ0v) is 8.91. The van der Waals surface area contributed by atoms with Gasteiger partial charge in [0.25, 0.3) is 0 Å². The van der Waals surface area contributed by atoms with Gasteiger partial charge in [0.2, 0.25) is 0 Å². The molecule has 0 saturated carbocycles. The summed E-state index contributed by atoms with van der Waals surface area (Å²) in [4.78, 5) is 10.7. The molecular formula is C9H16O6. The van der Waals surface area contributed by atoms with E-state index in [4.69, 9.17) is 14.2 Å². The average Bonchev–Trinajstić information content (AvgIpc) is 2.43. The zero-order valence-electron chi connectivity index (χ0n) is 8.91. The molecule has 1 saturated heterocycles. The predicted molar refractivity (Wildman–Crippen MR) is 48.9 cm³/mol. The molecule has 0 amide bonds. The molecule has 1 fully saturated rings. The third kappa shape index (κ3) is 2.66. The van der Waals surface area contributed by atoms with E-state index in [0.29, 0.717) is 0 Å². The number of methoxy groups -OCH3 is 1.